The number of aryl methyl sites for hydroxylation is 1. The zero-order valence-electron chi connectivity index (χ0n) is 14.2. The molecule has 1 N–H and O–H groups in total. The predicted octanol–water partition coefficient (Wildman–Crippen LogP) is 3.07. The lowest BCUT2D eigenvalue weighted by Crippen LogP contribution is -2.44. The fourth-order valence-corrected chi connectivity index (χ4v) is 2.38. The van der Waals surface area contributed by atoms with Crippen LogP contribution >= 0.6 is 0 Å². The van der Waals surface area contributed by atoms with Crippen LogP contribution in [0.3, 0.4) is 0 Å². The summed E-state index contributed by atoms with van der Waals surface area (Å²) in [5.74, 6) is -0.949. The van der Waals surface area contributed by atoms with E-state index >= 15 is 0 Å². The molecule has 0 bridgehead atoms. The molecule has 0 heterocycles. The number of benzene rings is 1. The van der Waals surface area contributed by atoms with Crippen LogP contribution in [0.25, 0.3) is 0 Å². The van der Waals surface area contributed by atoms with Crippen LogP contribution < -0.4 is 5.32 Å². The van der Waals surface area contributed by atoms with E-state index in [0.29, 0.717) is 13.1 Å². The van der Waals surface area contributed by atoms with Gasteiger partial charge in [-0.15, -0.1) is 0 Å². The summed E-state index contributed by atoms with van der Waals surface area (Å²) in [6, 6.07) is 7.95. The van der Waals surface area contributed by atoms with E-state index in [2.05, 4.69) is 24.4 Å². The molecule has 4 nitrogen and oxygen atoms in total. The molecule has 122 valence electrons. The molecule has 1 unspecified atom stereocenters. The molecule has 0 saturated carbocycles. The molecule has 22 heavy (non-hydrogen) atoms. The summed E-state index contributed by atoms with van der Waals surface area (Å²) in [5, 5.41) is 2.80. The number of nitrogens with zero attached hydrogens (tertiary/aromatic N) is 1. The van der Waals surface area contributed by atoms with Gasteiger partial charge >= 0.3 is 11.8 Å². The van der Waals surface area contributed by atoms with E-state index in [1.807, 2.05) is 32.9 Å². The molecule has 1 atom stereocenters. The van der Waals surface area contributed by atoms with Gasteiger partial charge in [0.05, 0.1) is 6.04 Å². The minimum Gasteiger partial charge on any atom is -0.341 e. The maximum atomic E-state index is 12.2. The Bertz CT molecular complexity index is 476. The van der Waals surface area contributed by atoms with Crippen LogP contribution in [0, 0.1) is 0 Å². The van der Waals surface area contributed by atoms with Crippen LogP contribution in [0.1, 0.15) is 57.7 Å². The first-order valence-electron chi connectivity index (χ1n) is 8.22. The first-order chi connectivity index (χ1) is 10.5. The maximum Gasteiger partial charge on any atom is 0.311 e. The average molecular weight is 304 g/mol. The highest BCUT2D eigenvalue weighted by Gasteiger charge is 2.22. The van der Waals surface area contributed by atoms with Gasteiger partial charge < -0.3 is 10.2 Å². The highest BCUT2D eigenvalue weighted by atomic mass is 16.2. The number of hydrogen-bond donors (Lipinski definition) is 1. The lowest BCUT2D eigenvalue weighted by molar-refractivity contribution is -0.146. The third-order valence-corrected chi connectivity index (χ3v) is 3.70. The molecule has 0 aliphatic heterocycles. The SMILES string of the molecule is CCCN(CCC)C(=O)C(=O)NC(C)c1ccc(CC)cc1. The van der Waals surface area contributed by atoms with Gasteiger partial charge in [0, 0.05) is 13.1 Å². The van der Waals surface area contributed by atoms with E-state index in [-0.39, 0.29) is 6.04 Å². The van der Waals surface area contributed by atoms with Gasteiger partial charge in [-0.3, -0.25) is 9.59 Å². The van der Waals surface area contributed by atoms with E-state index in [0.717, 1.165) is 24.8 Å². The zero-order chi connectivity index (χ0) is 16.5. The van der Waals surface area contributed by atoms with Crippen LogP contribution in [-0.2, 0) is 16.0 Å². The van der Waals surface area contributed by atoms with Gasteiger partial charge in [0.15, 0.2) is 0 Å². The summed E-state index contributed by atoms with van der Waals surface area (Å²) in [6.07, 6.45) is 2.70. The second-order valence-corrected chi connectivity index (χ2v) is 5.58. The third kappa shape index (κ3) is 5.17. The summed E-state index contributed by atoms with van der Waals surface area (Å²) in [5.41, 5.74) is 2.27. The summed E-state index contributed by atoms with van der Waals surface area (Å²) >= 11 is 0. The fraction of sp³-hybridized carbons (Fsp3) is 0.556. The highest BCUT2D eigenvalue weighted by Crippen LogP contribution is 2.13. The van der Waals surface area contributed by atoms with Gasteiger partial charge in [0.1, 0.15) is 0 Å². The van der Waals surface area contributed by atoms with Gasteiger partial charge in [-0.25, -0.2) is 0 Å². The number of amides is 2. The van der Waals surface area contributed by atoms with Crippen molar-refractivity contribution in [3.8, 4) is 0 Å². The topological polar surface area (TPSA) is 49.4 Å². The van der Waals surface area contributed by atoms with Gasteiger partial charge in [-0.1, -0.05) is 45.0 Å². The largest absolute Gasteiger partial charge is 0.341 e. The molecule has 1 aromatic carbocycles. The van der Waals surface area contributed by atoms with E-state index in [9.17, 15) is 9.59 Å². The number of rotatable bonds is 7. The number of carbonyl (C=O) groups excluding carboxylic acids is 2. The average Bonchev–Trinajstić information content (AvgIpc) is 2.53. The van der Waals surface area contributed by atoms with E-state index in [1.165, 1.54) is 5.56 Å². The summed E-state index contributed by atoms with van der Waals surface area (Å²) in [7, 11) is 0. The Morgan fingerprint density at radius 3 is 2.05 bits per heavy atom. The molecule has 4 heteroatoms. The summed E-state index contributed by atoms with van der Waals surface area (Å²) in [4.78, 5) is 26.0. The molecule has 0 spiro atoms. The quantitative estimate of drug-likeness (QED) is 0.787. The minimum atomic E-state index is -0.519. The maximum absolute atomic E-state index is 12.2. The van der Waals surface area contributed by atoms with Crippen molar-refractivity contribution in [2.24, 2.45) is 0 Å². The molecule has 1 aromatic rings. The molecule has 0 aliphatic carbocycles. The van der Waals surface area contributed by atoms with Crippen LogP contribution in [0.15, 0.2) is 24.3 Å². The Hall–Kier alpha value is -1.84. The van der Waals surface area contributed by atoms with Crippen LogP contribution in [0.5, 0.6) is 0 Å². The summed E-state index contributed by atoms with van der Waals surface area (Å²) < 4.78 is 0. The lowest BCUT2D eigenvalue weighted by atomic mass is 10.0. The van der Waals surface area contributed by atoms with E-state index < -0.39 is 11.8 Å². The number of nitrogens with one attached hydrogen (secondary N) is 1. The zero-order valence-corrected chi connectivity index (χ0v) is 14.2. The first kappa shape index (κ1) is 18.2. The van der Waals surface area contributed by atoms with Gasteiger partial charge in [-0.2, -0.15) is 0 Å². The van der Waals surface area contributed by atoms with E-state index in [4.69, 9.17) is 0 Å². The van der Waals surface area contributed by atoms with Crippen molar-refractivity contribution in [2.75, 3.05) is 13.1 Å². The van der Waals surface area contributed by atoms with Crippen LogP contribution in [0.4, 0.5) is 0 Å². The van der Waals surface area contributed by atoms with Crippen molar-refractivity contribution < 1.29 is 9.59 Å². The summed E-state index contributed by atoms with van der Waals surface area (Å²) in [6.45, 7) is 9.27. The van der Waals surface area contributed by atoms with Crippen LogP contribution in [0.2, 0.25) is 0 Å². The highest BCUT2D eigenvalue weighted by molar-refractivity contribution is 6.35. The lowest BCUT2D eigenvalue weighted by Gasteiger charge is -2.22. The Labute approximate surface area is 133 Å². The standard InChI is InChI=1S/C18H28N2O2/c1-5-12-20(13-6-2)18(22)17(21)19-14(4)16-10-8-15(7-3)9-11-16/h8-11,14H,5-7,12-13H2,1-4H3,(H,19,21). The van der Waals surface area contributed by atoms with Crippen molar-refractivity contribution in [2.45, 2.75) is 53.0 Å². The molecule has 0 saturated heterocycles. The molecule has 0 aliphatic rings. The van der Waals surface area contributed by atoms with Crippen LogP contribution in [-0.4, -0.2) is 29.8 Å². The van der Waals surface area contributed by atoms with Crippen molar-refractivity contribution in [1.29, 1.82) is 0 Å². The minimum absolute atomic E-state index is 0.174. The molecular weight excluding hydrogens is 276 g/mol. The molecule has 0 fully saturated rings. The smallest absolute Gasteiger partial charge is 0.311 e. The second-order valence-electron chi connectivity index (χ2n) is 5.58. The van der Waals surface area contributed by atoms with Crippen molar-refractivity contribution in [1.82, 2.24) is 10.2 Å². The molecule has 0 radical (unpaired) electrons. The Kier molecular flexibility index (Phi) is 7.64. The predicted molar refractivity (Wildman–Crippen MR) is 89.5 cm³/mol. The van der Waals surface area contributed by atoms with Gasteiger partial charge in [0.2, 0.25) is 0 Å². The Morgan fingerprint density at radius 1 is 1.05 bits per heavy atom. The number of carbonyl (C=O) groups is 2. The van der Waals surface area contributed by atoms with Gasteiger partial charge in [-0.05, 0) is 37.3 Å². The molecule has 2 amide bonds. The van der Waals surface area contributed by atoms with Crippen molar-refractivity contribution in [3.63, 3.8) is 0 Å². The molecular formula is C18H28N2O2. The van der Waals surface area contributed by atoms with Gasteiger partial charge in [0.25, 0.3) is 0 Å². The number of hydrogen-bond acceptors (Lipinski definition) is 2. The first-order valence-corrected chi connectivity index (χ1v) is 8.22. The monoisotopic (exact) mass is 304 g/mol. The Balaban J connectivity index is 2.66. The van der Waals surface area contributed by atoms with Crippen molar-refractivity contribution in [3.05, 3.63) is 35.4 Å². The third-order valence-electron chi connectivity index (χ3n) is 3.70. The molecule has 0 aromatic heterocycles. The normalized spacial score (nSPS) is 11.8. The van der Waals surface area contributed by atoms with E-state index in [1.54, 1.807) is 4.90 Å². The molecule has 1 rings (SSSR count). The van der Waals surface area contributed by atoms with Crippen molar-refractivity contribution >= 4 is 11.8 Å². The Morgan fingerprint density at radius 2 is 1.59 bits per heavy atom. The fourth-order valence-electron chi connectivity index (χ4n) is 2.38. The second kappa shape index (κ2) is 9.23.